The molecular formula is C16H23F2N3. The highest BCUT2D eigenvalue weighted by atomic mass is 19.1. The summed E-state index contributed by atoms with van der Waals surface area (Å²) in [5.74, 6) is -0.667. The molecule has 3 N–H and O–H groups in total. The lowest BCUT2D eigenvalue weighted by Crippen LogP contribution is -2.40. The topological polar surface area (TPSA) is 50.4 Å². The quantitative estimate of drug-likeness (QED) is 0.509. The maximum atomic E-state index is 13.5. The zero-order valence-corrected chi connectivity index (χ0v) is 12.2. The van der Waals surface area contributed by atoms with E-state index in [2.05, 4.69) is 10.3 Å². The maximum Gasteiger partial charge on any atom is 0.188 e. The lowest BCUT2D eigenvalue weighted by atomic mass is 10.1. The van der Waals surface area contributed by atoms with Crippen molar-refractivity contribution in [1.82, 2.24) is 5.32 Å². The fourth-order valence-electron chi connectivity index (χ4n) is 2.70. The molecule has 0 saturated heterocycles. The molecule has 5 heteroatoms. The van der Waals surface area contributed by atoms with Crippen LogP contribution in [0.5, 0.6) is 0 Å². The molecule has 3 nitrogen and oxygen atoms in total. The van der Waals surface area contributed by atoms with Gasteiger partial charge in [-0.2, -0.15) is 0 Å². The van der Waals surface area contributed by atoms with Gasteiger partial charge in [-0.15, -0.1) is 0 Å². The molecule has 21 heavy (non-hydrogen) atoms. The van der Waals surface area contributed by atoms with E-state index in [0.717, 1.165) is 18.9 Å². The van der Waals surface area contributed by atoms with E-state index in [1.54, 1.807) is 0 Å². The van der Waals surface area contributed by atoms with Gasteiger partial charge >= 0.3 is 0 Å². The zero-order valence-electron chi connectivity index (χ0n) is 12.2. The smallest absolute Gasteiger partial charge is 0.188 e. The Morgan fingerprint density at radius 1 is 1.19 bits per heavy atom. The Kier molecular flexibility index (Phi) is 5.96. The maximum absolute atomic E-state index is 13.5. The predicted octanol–water partition coefficient (Wildman–Crippen LogP) is 3.13. The third kappa shape index (κ3) is 5.33. The van der Waals surface area contributed by atoms with Crippen molar-refractivity contribution in [2.45, 2.75) is 51.0 Å². The number of guanidine groups is 1. The predicted molar refractivity (Wildman–Crippen MR) is 81.2 cm³/mol. The Morgan fingerprint density at radius 3 is 2.57 bits per heavy atom. The number of halogens is 2. The highest BCUT2D eigenvalue weighted by Gasteiger charge is 2.12. The fourth-order valence-corrected chi connectivity index (χ4v) is 2.70. The largest absolute Gasteiger partial charge is 0.370 e. The van der Waals surface area contributed by atoms with Crippen molar-refractivity contribution in [3.63, 3.8) is 0 Å². The molecule has 0 radical (unpaired) electrons. The summed E-state index contributed by atoms with van der Waals surface area (Å²) in [5.41, 5.74) is 6.33. The van der Waals surface area contributed by atoms with Crippen molar-refractivity contribution >= 4 is 5.96 Å². The van der Waals surface area contributed by atoms with Crippen LogP contribution >= 0.6 is 0 Å². The molecule has 1 aromatic carbocycles. The van der Waals surface area contributed by atoms with Gasteiger partial charge in [0.2, 0.25) is 0 Å². The minimum absolute atomic E-state index is 0.397. The molecule has 0 aliphatic heterocycles. The molecule has 0 heterocycles. The summed E-state index contributed by atoms with van der Waals surface area (Å²) < 4.78 is 26.3. The van der Waals surface area contributed by atoms with Crippen LogP contribution in [-0.2, 0) is 6.42 Å². The number of aliphatic imine (C=N–C) groups is 1. The monoisotopic (exact) mass is 295 g/mol. The second kappa shape index (κ2) is 7.96. The first-order chi connectivity index (χ1) is 10.1. The van der Waals surface area contributed by atoms with Crippen LogP contribution in [0, 0.1) is 11.6 Å². The number of nitrogens with zero attached hydrogens (tertiary/aromatic N) is 1. The van der Waals surface area contributed by atoms with Crippen LogP contribution in [0.15, 0.2) is 23.2 Å². The molecule has 0 atom stereocenters. The minimum atomic E-state index is -0.561. The van der Waals surface area contributed by atoms with Crippen LogP contribution in [0.4, 0.5) is 8.78 Å². The molecule has 1 saturated carbocycles. The van der Waals surface area contributed by atoms with E-state index in [9.17, 15) is 8.78 Å². The van der Waals surface area contributed by atoms with Gasteiger partial charge in [0, 0.05) is 18.7 Å². The number of benzene rings is 1. The molecule has 1 fully saturated rings. The summed E-state index contributed by atoms with van der Waals surface area (Å²) in [5, 5.41) is 3.24. The van der Waals surface area contributed by atoms with Crippen molar-refractivity contribution in [3.8, 4) is 0 Å². The Morgan fingerprint density at radius 2 is 1.90 bits per heavy atom. The van der Waals surface area contributed by atoms with Crippen molar-refractivity contribution < 1.29 is 8.78 Å². The van der Waals surface area contributed by atoms with Crippen LogP contribution in [0.2, 0.25) is 0 Å². The second-order valence-corrected chi connectivity index (χ2v) is 5.59. The van der Waals surface area contributed by atoms with Crippen molar-refractivity contribution in [1.29, 1.82) is 0 Å². The normalized spacial score (nSPS) is 17.5. The van der Waals surface area contributed by atoms with E-state index in [4.69, 9.17) is 5.73 Å². The van der Waals surface area contributed by atoms with Gasteiger partial charge in [0.25, 0.3) is 0 Å². The van der Waals surface area contributed by atoms with E-state index in [1.165, 1.54) is 37.8 Å². The highest BCUT2D eigenvalue weighted by Crippen LogP contribution is 2.17. The van der Waals surface area contributed by atoms with Crippen molar-refractivity contribution in [2.75, 3.05) is 6.54 Å². The first kappa shape index (κ1) is 15.7. The first-order valence-electron chi connectivity index (χ1n) is 7.65. The van der Waals surface area contributed by atoms with Crippen molar-refractivity contribution in [3.05, 3.63) is 35.4 Å². The van der Waals surface area contributed by atoms with Gasteiger partial charge in [-0.3, -0.25) is 4.99 Å². The molecule has 0 unspecified atom stereocenters. The van der Waals surface area contributed by atoms with Gasteiger partial charge in [-0.1, -0.05) is 31.7 Å². The summed E-state index contributed by atoms with van der Waals surface area (Å²) in [4.78, 5) is 4.23. The first-order valence-corrected chi connectivity index (χ1v) is 7.65. The average Bonchev–Trinajstić information content (AvgIpc) is 2.70. The molecule has 116 valence electrons. The standard InChI is InChI=1S/C16H23F2N3/c17-13-8-7-12(15(18)11-13)9-10-20-16(19)21-14-5-3-1-2-4-6-14/h7-8,11,14H,1-6,9-10H2,(H3,19,20,21). The van der Waals surface area contributed by atoms with E-state index in [1.807, 2.05) is 0 Å². The number of rotatable bonds is 4. The third-order valence-corrected chi connectivity index (χ3v) is 3.89. The highest BCUT2D eigenvalue weighted by molar-refractivity contribution is 5.78. The van der Waals surface area contributed by atoms with Crippen molar-refractivity contribution in [2.24, 2.45) is 10.7 Å². The SMILES string of the molecule is NC(=NCCc1ccc(F)cc1F)NC1CCCCCC1. The number of hydrogen-bond acceptors (Lipinski definition) is 1. The molecule has 0 bridgehead atoms. The van der Waals surface area contributed by atoms with Gasteiger partial charge in [-0.25, -0.2) is 8.78 Å². The fraction of sp³-hybridized carbons (Fsp3) is 0.562. The van der Waals surface area contributed by atoms with E-state index < -0.39 is 11.6 Å². The van der Waals surface area contributed by atoms with E-state index in [0.29, 0.717) is 30.5 Å². The Hall–Kier alpha value is -1.65. The van der Waals surface area contributed by atoms with Crippen LogP contribution in [-0.4, -0.2) is 18.5 Å². The van der Waals surface area contributed by atoms with Crippen LogP contribution in [0.1, 0.15) is 44.1 Å². The van der Waals surface area contributed by atoms with Gasteiger partial charge in [0.15, 0.2) is 5.96 Å². The summed E-state index contributed by atoms with van der Waals surface area (Å²) in [6.45, 7) is 0.397. The Labute approximate surface area is 124 Å². The van der Waals surface area contributed by atoms with Gasteiger partial charge < -0.3 is 11.1 Å². The Bertz CT molecular complexity index is 480. The molecule has 1 aliphatic rings. The third-order valence-electron chi connectivity index (χ3n) is 3.89. The summed E-state index contributed by atoms with van der Waals surface area (Å²) in [6, 6.07) is 4.01. The van der Waals surface area contributed by atoms with Gasteiger partial charge in [-0.05, 0) is 30.9 Å². The summed E-state index contributed by atoms with van der Waals surface area (Å²) >= 11 is 0. The molecule has 1 aliphatic carbocycles. The molecular weight excluding hydrogens is 272 g/mol. The Balaban J connectivity index is 1.79. The average molecular weight is 295 g/mol. The lowest BCUT2D eigenvalue weighted by Gasteiger charge is -2.16. The van der Waals surface area contributed by atoms with Crippen LogP contribution < -0.4 is 11.1 Å². The van der Waals surface area contributed by atoms with Gasteiger partial charge in [0.1, 0.15) is 11.6 Å². The summed E-state index contributed by atoms with van der Waals surface area (Å²) in [7, 11) is 0. The molecule has 0 spiro atoms. The van der Waals surface area contributed by atoms with Gasteiger partial charge in [0.05, 0.1) is 0 Å². The number of hydrogen-bond donors (Lipinski definition) is 2. The minimum Gasteiger partial charge on any atom is -0.370 e. The second-order valence-electron chi connectivity index (χ2n) is 5.59. The molecule has 1 aromatic rings. The van der Waals surface area contributed by atoms with E-state index in [-0.39, 0.29) is 0 Å². The molecule has 2 rings (SSSR count). The zero-order chi connectivity index (χ0) is 15.1. The van der Waals surface area contributed by atoms with Crippen LogP contribution in [0.3, 0.4) is 0 Å². The van der Waals surface area contributed by atoms with Crippen LogP contribution in [0.25, 0.3) is 0 Å². The lowest BCUT2D eigenvalue weighted by molar-refractivity contribution is 0.530. The van der Waals surface area contributed by atoms with E-state index >= 15 is 0 Å². The number of nitrogens with one attached hydrogen (secondary N) is 1. The number of nitrogens with two attached hydrogens (primary N) is 1. The summed E-state index contributed by atoms with van der Waals surface area (Å²) in [6.07, 6.45) is 7.71. The molecule has 0 aromatic heterocycles. The molecule has 0 amide bonds.